The highest BCUT2D eigenvalue weighted by Crippen LogP contribution is 2.47. The monoisotopic (exact) mass is 264 g/mol. The van der Waals surface area contributed by atoms with Gasteiger partial charge in [0.1, 0.15) is 0 Å². The van der Waals surface area contributed by atoms with Gasteiger partial charge in [-0.05, 0) is 18.3 Å². The van der Waals surface area contributed by atoms with E-state index in [0.717, 1.165) is 6.42 Å². The van der Waals surface area contributed by atoms with Crippen molar-refractivity contribution in [2.24, 2.45) is 23.7 Å². The van der Waals surface area contributed by atoms with Crippen LogP contribution in [0.4, 0.5) is 0 Å². The van der Waals surface area contributed by atoms with Crippen LogP contribution < -0.4 is 10.4 Å². The van der Waals surface area contributed by atoms with Gasteiger partial charge in [0.15, 0.2) is 0 Å². The Labute approximate surface area is 112 Å². The van der Waals surface area contributed by atoms with Gasteiger partial charge in [-0.1, -0.05) is 18.2 Å². The van der Waals surface area contributed by atoms with Gasteiger partial charge in [-0.2, -0.15) is 0 Å². The number of carboxylic acid groups (broad SMARTS) is 1. The molecule has 0 aromatic rings. The van der Waals surface area contributed by atoms with Gasteiger partial charge in [0.05, 0.1) is 19.1 Å². The van der Waals surface area contributed by atoms with E-state index in [1.807, 2.05) is 12.2 Å². The van der Waals surface area contributed by atoms with E-state index < -0.39 is 17.8 Å². The largest absolute Gasteiger partial charge is 0.550 e. The fourth-order valence-electron chi connectivity index (χ4n) is 3.03. The third-order valence-electron chi connectivity index (χ3n) is 3.82. The summed E-state index contributed by atoms with van der Waals surface area (Å²) in [6, 6.07) is 0. The first-order valence-corrected chi connectivity index (χ1v) is 6.50. The van der Waals surface area contributed by atoms with Gasteiger partial charge in [-0.15, -0.1) is 6.58 Å². The lowest BCUT2D eigenvalue weighted by atomic mass is 9.82. The first-order valence-electron chi connectivity index (χ1n) is 6.50. The predicted molar refractivity (Wildman–Crippen MR) is 66.7 cm³/mol. The van der Waals surface area contributed by atoms with Crippen molar-refractivity contribution in [3.05, 3.63) is 24.8 Å². The molecule has 104 valence electrons. The molecule has 4 atom stereocenters. The second-order valence-corrected chi connectivity index (χ2v) is 4.97. The van der Waals surface area contributed by atoms with Crippen molar-refractivity contribution in [1.82, 2.24) is 5.32 Å². The fourth-order valence-corrected chi connectivity index (χ4v) is 3.03. The summed E-state index contributed by atoms with van der Waals surface area (Å²) < 4.78 is 5.16. The van der Waals surface area contributed by atoms with Crippen molar-refractivity contribution in [3.8, 4) is 0 Å². The van der Waals surface area contributed by atoms with E-state index in [1.165, 1.54) is 0 Å². The number of amides is 1. The molecule has 19 heavy (non-hydrogen) atoms. The van der Waals surface area contributed by atoms with Gasteiger partial charge < -0.3 is 20.0 Å². The molecule has 0 radical (unpaired) electrons. The zero-order chi connectivity index (χ0) is 13.8. The van der Waals surface area contributed by atoms with Crippen LogP contribution in [0.5, 0.6) is 0 Å². The molecule has 0 heterocycles. The molecule has 0 unspecified atom stereocenters. The van der Waals surface area contributed by atoms with Crippen molar-refractivity contribution in [2.45, 2.75) is 6.42 Å². The minimum atomic E-state index is -1.13. The number of fused-ring (bicyclic) bond motifs is 2. The molecule has 0 spiro atoms. The molecule has 0 aromatic carbocycles. The van der Waals surface area contributed by atoms with E-state index in [1.54, 1.807) is 6.08 Å². The summed E-state index contributed by atoms with van der Waals surface area (Å²) in [5.74, 6) is -2.55. The maximum atomic E-state index is 12.1. The molecule has 2 bridgehead atoms. The summed E-state index contributed by atoms with van der Waals surface area (Å²) in [5, 5.41) is 13.9. The highest BCUT2D eigenvalue weighted by atomic mass is 16.5. The lowest BCUT2D eigenvalue weighted by Gasteiger charge is -2.27. The molecule has 1 amide bonds. The van der Waals surface area contributed by atoms with Crippen LogP contribution in [0.2, 0.25) is 0 Å². The number of nitrogens with one attached hydrogen (secondary N) is 1. The summed E-state index contributed by atoms with van der Waals surface area (Å²) in [5.41, 5.74) is 0. The molecule has 5 heteroatoms. The van der Waals surface area contributed by atoms with Crippen LogP contribution in [0.1, 0.15) is 6.42 Å². The van der Waals surface area contributed by atoms with Crippen LogP contribution in [-0.4, -0.2) is 31.6 Å². The van der Waals surface area contributed by atoms with E-state index in [9.17, 15) is 14.7 Å². The van der Waals surface area contributed by atoms with Gasteiger partial charge in [0.2, 0.25) is 5.91 Å². The molecular weight excluding hydrogens is 246 g/mol. The summed E-state index contributed by atoms with van der Waals surface area (Å²) in [4.78, 5) is 23.2. The molecule has 1 saturated carbocycles. The zero-order valence-electron chi connectivity index (χ0n) is 10.7. The molecule has 1 fully saturated rings. The van der Waals surface area contributed by atoms with Crippen LogP contribution >= 0.6 is 0 Å². The molecule has 1 N–H and O–H groups in total. The first-order chi connectivity index (χ1) is 9.15. The molecule has 2 rings (SSSR count). The Morgan fingerprint density at radius 2 is 2.05 bits per heavy atom. The maximum absolute atomic E-state index is 12.1. The second-order valence-electron chi connectivity index (χ2n) is 4.97. The number of carbonyl (C=O) groups excluding carboxylic acids is 2. The summed E-state index contributed by atoms with van der Waals surface area (Å²) >= 11 is 0. The molecule has 0 saturated heterocycles. The highest BCUT2D eigenvalue weighted by Gasteiger charge is 2.48. The van der Waals surface area contributed by atoms with Gasteiger partial charge in [0, 0.05) is 18.4 Å². The average molecular weight is 264 g/mol. The van der Waals surface area contributed by atoms with E-state index in [4.69, 9.17) is 4.74 Å². The van der Waals surface area contributed by atoms with Crippen LogP contribution in [-0.2, 0) is 14.3 Å². The Morgan fingerprint density at radius 3 is 2.68 bits per heavy atom. The van der Waals surface area contributed by atoms with E-state index in [2.05, 4.69) is 11.9 Å². The van der Waals surface area contributed by atoms with Crippen molar-refractivity contribution in [3.63, 3.8) is 0 Å². The second kappa shape index (κ2) is 6.02. The lowest BCUT2D eigenvalue weighted by Crippen LogP contribution is -2.45. The van der Waals surface area contributed by atoms with Crippen molar-refractivity contribution >= 4 is 11.9 Å². The SMILES string of the molecule is C=CCOCCNC(=O)[C@@H]1[C@@H](C(=O)[O-])[C@@H]2C=C[C@H]1C2. The number of carbonyl (C=O) groups is 2. The normalized spacial score (nSPS) is 31.4. The third kappa shape index (κ3) is 2.87. The Morgan fingerprint density at radius 1 is 1.37 bits per heavy atom. The van der Waals surface area contributed by atoms with Crippen molar-refractivity contribution < 1.29 is 19.4 Å². The fraction of sp³-hybridized carbons (Fsp3) is 0.571. The summed E-state index contributed by atoms with van der Waals surface area (Å²) in [6.45, 7) is 4.73. The zero-order valence-corrected chi connectivity index (χ0v) is 10.7. The van der Waals surface area contributed by atoms with Crippen molar-refractivity contribution in [2.75, 3.05) is 19.8 Å². The summed E-state index contributed by atoms with van der Waals surface area (Å²) in [6.07, 6.45) is 6.21. The number of aliphatic carboxylic acids is 1. The molecule has 2 aliphatic carbocycles. The molecule has 5 nitrogen and oxygen atoms in total. The third-order valence-corrected chi connectivity index (χ3v) is 3.82. The maximum Gasteiger partial charge on any atom is 0.224 e. The highest BCUT2D eigenvalue weighted by molar-refractivity contribution is 5.86. The molecule has 0 aliphatic heterocycles. The van der Waals surface area contributed by atoms with Gasteiger partial charge in [0.25, 0.3) is 0 Å². The molecule has 2 aliphatic rings. The van der Waals surface area contributed by atoms with Crippen LogP contribution in [0.25, 0.3) is 0 Å². The number of carboxylic acids is 1. The Balaban J connectivity index is 1.86. The minimum Gasteiger partial charge on any atom is -0.550 e. The quantitative estimate of drug-likeness (QED) is 0.496. The Kier molecular flexibility index (Phi) is 4.37. The smallest absolute Gasteiger partial charge is 0.224 e. The average Bonchev–Trinajstić information content (AvgIpc) is 2.98. The van der Waals surface area contributed by atoms with Gasteiger partial charge in [-0.25, -0.2) is 0 Å². The van der Waals surface area contributed by atoms with Crippen LogP contribution in [0.3, 0.4) is 0 Å². The van der Waals surface area contributed by atoms with Crippen LogP contribution in [0, 0.1) is 23.7 Å². The minimum absolute atomic E-state index is 0.0296. The standard InChI is InChI=1S/C14H19NO4/c1-2-6-19-7-5-15-13(16)11-9-3-4-10(8-9)12(11)14(17)18/h2-4,9-12H,1,5-8H2,(H,15,16)(H,17,18)/p-1/t9-,10+,11-,12-/m0/s1. The topological polar surface area (TPSA) is 78.5 Å². The first kappa shape index (κ1) is 13.8. The van der Waals surface area contributed by atoms with Gasteiger partial charge >= 0.3 is 0 Å². The van der Waals surface area contributed by atoms with E-state index >= 15 is 0 Å². The number of ether oxygens (including phenoxy) is 1. The Bertz CT molecular complexity index is 404. The van der Waals surface area contributed by atoms with Crippen LogP contribution in [0.15, 0.2) is 24.8 Å². The number of hydrogen-bond acceptors (Lipinski definition) is 4. The van der Waals surface area contributed by atoms with E-state index in [-0.39, 0.29) is 17.7 Å². The van der Waals surface area contributed by atoms with Gasteiger partial charge in [-0.3, -0.25) is 4.79 Å². The predicted octanol–water partition coefficient (Wildman–Crippen LogP) is -0.507. The summed E-state index contributed by atoms with van der Waals surface area (Å²) in [7, 11) is 0. The lowest BCUT2D eigenvalue weighted by molar-refractivity contribution is -0.313. The number of hydrogen-bond donors (Lipinski definition) is 1. The molecule has 0 aromatic heterocycles. The Hall–Kier alpha value is -1.62. The number of rotatable bonds is 7. The number of allylic oxidation sites excluding steroid dienone is 2. The van der Waals surface area contributed by atoms with Crippen molar-refractivity contribution in [1.29, 1.82) is 0 Å². The molecular formula is C14H18NO4-. The van der Waals surface area contributed by atoms with E-state index in [0.29, 0.717) is 19.8 Å².